The SMILES string of the molecule is CCCSc1nc(=O)c2c(n1C)NC(=O)C[C@@H]2c1ccccc1F. The fraction of sp³-hybridized carbons (Fsp3) is 0.353. The summed E-state index contributed by atoms with van der Waals surface area (Å²) in [6.07, 6.45) is 0.980. The number of carbonyl (C=O) groups excluding carboxylic acids is 1. The smallest absolute Gasteiger partial charge is 0.279 e. The van der Waals surface area contributed by atoms with Crippen molar-refractivity contribution in [3.63, 3.8) is 0 Å². The molecule has 5 nitrogen and oxygen atoms in total. The van der Waals surface area contributed by atoms with Crippen LogP contribution in [-0.4, -0.2) is 21.2 Å². The van der Waals surface area contributed by atoms with Gasteiger partial charge in [-0.2, -0.15) is 4.98 Å². The summed E-state index contributed by atoms with van der Waals surface area (Å²) in [6, 6.07) is 6.24. The Balaban J connectivity index is 2.17. The fourth-order valence-corrected chi connectivity index (χ4v) is 3.70. The van der Waals surface area contributed by atoms with Crippen LogP contribution in [0.25, 0.3) is 0 Å². The Morgan fingerprint density at radius 3 is 2.83 bits per heavy atom. The third-order valence-electron chi connectivity index (χ3n) is 4.02. The minimum Gasteiger partial charge on any atom is -0.312 e. The van der Waals surface area contributed by atoms with Crippen molar-refractivity contribution in [3.8, 4) is 0 Å². The summed E-state index contributed by atoms with van der Waals surface area (Å²) in [5.41, 5.74) is 0.291. The molecule has 7 heteroatoms. The molecule has 0 saturated carbocycles. The van der Waals surface area contributed by atoms with Crippen LogP contribution in [0.5, 0.6) is 0 Å². The Morgan fingerprint density at radius 2 is 2.12 bits per heavy atom. The number of nitrogens with zero attached hydrogens (tertiary/aromatic N) is 2. The van der Waals surface area contributed by atoms with E-state index >= 15 is 0 Å². The van der Waals surface area contributed by atoms with Crippen LogP contribution in [-0.2, 0) is 11.8 Å². The Kier molecular flexibility index (Phi) is 4.71. The molecule has 126 valence electrons. The number of halogens is 1. The summed E-state index contributed by atoms with van der Waals surface area (Å²) in [5, 5.41) is 3.30. The second-order valence-electron chi connectivity index (χ2n) is 5.70. The Morgan fingerprint density at radius 1 is 1.38 bits per heavy atom. The predicted octanol–water partition coefficient (Wildman–Crippen LogP) is 2.90. The number of rotatable bonds is 4. The fourth-order valence-electron chi connectivity index (χ4n) is 2.88. The van der Waals surface area contributed by atoms with Gasteiger partial charge >= 0.3 is 0 Å². The van der Waals surface area contributed by atoms with Gasteiger partial charge in [0, 0.05) is 25.1 Å². The van der Waals surface area contributed by atoms with Crippen molar-refractivity contribution in [1.29, 1.82) is 0 Å². The van der Waals surface area contributed by atoms with E-state index in [1.165, 1.54) is 17.8 Å². The van der Waals surface area contributed by atoms with Gasteiger partial charge < -0.3 is 9.88 Å². The maximum atomic E-state index is 14.2. The van der Waals surface area contributed by atoms with E-state index in [2.05, 4.69) is 10.3 Å². The quantitative estimate of drug-likeness (QED) is 0.682. The molecule has 3 rings (SSSR count). The zero-order valence-corrected chi connectivity index (χ0v) is 14.3. The lowest BCUT2D eigenvalue weighted by molar-refractivity contribution is -0.116. The molecule has 0 aliphatic carbocycles. The van der Waals surface area contributed by atoms with E-state index in [0.29, 0.717) is 22.1 Å². The van der Waals surface area contributed by atoms with Crippen molar-refractivity contribution in [1.82, 2.24) is 9.55 Å². The van der Waals surface area contributed by atoms with E-state index in [1.807, 2.05) is 6.92 Å². The highest BCUT2D eigenvalue weighted by Gasteiger charge is 2.33. The van der Waals surface area contributed by atoms with Crippen LogP contribution in [0.4, 0.5) is 10.2 Å². The van der Waals surface area contributed by atoms with Crippen molar-refractivity contribution >= 4 is 23.5 Å². The van der Waals surface area contributed by atoms with Gasteiger partial charge in [0.25, 0.3) is 5.56 Å². The highest BCUT2D eigenvalue weighted by Crippen LogP contribution is 2.36. The highest BCUT2D eigenvalue weighted by atomic mass is 32.2. The van der Waals surface area contributed by atoms with E-state index < -0.39 is 17.3 Å². The van der Waals surface area contributed by atoms with Crippen LogP contribution in [0.3, 0.4) is 0 Å². The lowest BCUT2D eigenvalue weighted by atomic mass is 9.86. The van der Waals surface area contributed by atoms with Crippen molar-refractivity contribution in [2.75, 3.05) is 11.1 Å². The second-order valence-corrected chi connectivity index (χ2v) is 6.76. The largest absolute Gasteiger partial charge is 0.312 e. The Labute approximate surface area is 143 Å². The first-order valence-electron chi connectivity index (χ1n) is 7.81. The lowest BCUT2D eigenvalue weighted by Gasteiger charge is -2.27. The molecule has 2 aromatic rings. The molecule has 1 aromatic heterocycles. The van der Waals surface area contributed by atoms with Crippen molar-refractivity contribution in [2.24, 2.45) is 7.05 Å². The zero-order valence-electron chi connectivity index (χ0n) is 13.5. The number of hydrogen-bond donors (Lipinski definition) is 1. The first kappa shape index (κ1) is 16.7. The molecular formula is C17H18FN3O2S. The lowest BCUT2D eigenvalue weighted by Crippen LogP contribution is -2.33. The molecule has 0 bridgehead atoms. The number of carbonyl (C=O) groups is 1. The molecule has 1 aromatic carbocycles. The summed E-state index contributed by atoms with van der Waals surface area (Å²) in [5.74, 6) is -0.0356. The zero-order chi connectivity index (χ0) is 17.3. The number of fused-ring (bicyclic) bond motifs is 1. The van der Waals surface area contributed by atoms with Gasteiger partial charge in [-0.1, -0.05) is 36.9 Å². The molecule has 0 fully saturated rings. The maximum Gasteiger partial charge on any atom is 0.279 e. The minimum atomic E-state index is -0.619. The molecule has 1 amide bonds. The van der Waals surface area contributed by atoms with Gasteiger partial charge in [0.05, 0.1) is 5.56 Å². The molecule has 1 aliphatic rings. The van der Waals surface area contributed by atoms with Crippen LogP contribution in [0.1, 0.15) is 36.8 Å². The number of aromatic nitrogens is 2. The Bertz CT molecular complexity index is 850. The predicted molar refractivity (Wildman–Crippen MR) is 92.0 cm³/mol. The van der Waals surface area contributed by atoms with Gasteiger partial charge in [0.1, 0.15) is 11.6 Å². The minimum absolute atomic E-state index is 0.0340. The number of amides is 1. The summed E-state index contributed by atoms with van der Waals surface area (Å²) in [7, 11) is 1.76. The van der Waals surface area contributed by atoms with E-state index in [4.69, 9.17) is 0 Å². The first-order valence-corrected chi connectivity index (χ1v) is 8.79. The molecule has 24 heavy (non-hydrogen) atoms. The number of hydrogen-bond acceptors (Lipinski definition) is 4. The summed E-state index contributed by atoms with van der Waals surface area (Å²) in [6.45, 7) is 2.04. The molecule has 1 atom stereocenters. The standard InChI is InChI=1S/C17H18FN3O2S/c1-3-8-24-17-20-16(23)14-11(10-6-4-5-7-12(10)18)9-13(22)19-15(14)21(17)2/h4-7,11H,3,8-9H2,1-2H3,(H,19,22)/t11-/m1/s1. The molecule has 1 N–H and O–H groups in total. The number of nitrogens with one attached hydrogen (secondary N) is 1. The average Bonchev–Trinajstić information content (AvgIpc) is 2.56. The molecule has 2 heterocycles. The van der Waals surface area contributed by atoms with Gasteiger partial charge in [-0.05, 0) is 18.1 Å². The van der Waals surface area contributed by atoms with E-state index in [-0.39, 0.29) is 12.3 Å². The number of benzene rings is 1. The normalized spacial score (nSPS) is 16.6. The van der Waals surface area contributed by atoms with Gasteiger partial charge in [-0.15, -0.1) is 0 Å². The maximum absolute atomic E-state index is 14.2. The van der Waals surface area contributed by atoms with Gasteiger partial charge in [-0.25, -0.2) is 4.39 Å². The molecule has 0 saturated heterocycles. The second kappa shape index (κ2) is 6.76. The summed E-state index contributed by atoms with van der Waals surface area (Å²) < 4.78 is 15.9. The van der Waals surface area contributed by atoms with Crippen LogP contribution in [0, 0.1) is 5.82 Å². The number of anilines is 1. The summed E-state index contributed by atoms with van der Waals surface area (Å²) in [4.78, 5) is 28.9. The third-order valence-corrected chi connectivity index (χ3v) is 5.25. The monoisotopic (exact) mass is 347 g/mol. The first-order chi connectivity index (χ1) is 11.5. The third kappa shape index (κ3) is 2.96. The van der Waals surface area contributed by atoms with Crippen molar-refractivity contribution < 1.29 is 9.18 Å². The van der Waals surface area contributed by atoms with E-state index in [0.717, 1.165) is 12.2 Å². The summed E-state index contributed by atoms with van der Waals surface area (Å²) >= 11 is 1.46. The topological polar surface area (TPSA) is 64.0 Å². The van der Waals surface area contributed by atoms with Crippen LogP contribution in [0.2, 0.25) is 0 Å². The molecule has 0 radical (unpaired) electrons. The van der Waals surface area contributed by atoms with Crippen LogP contribution < -0.4 is 10.9 Å². The van der Waals surface area contributed by atoms with E-state index in [9.17, 15) is 14.0 Å². The van der Waals surface area contributed by atoms with Crippen LogP contribution in [0.15, 0.2) is 34.2 Å². The Hall–Kier alpha value is -2.15. The van der Waals surface area contributed by atoms with Gasteiger partial charge in [0.2, 0.25) is 5.91 Å². The van der Waals surface area contributed by atoms with Crippen LogP contribution >= 0.6 is 11.8 Å². The molecule has 1 aliphatic heterocycles. The van der Waals surface area contributed by atoms with E-state index in [1.54, 1.807) is 29.8 Å². The molecule has 0 unspecified atom stereocenters. The molecule has 0 spiro atoms. The van der Waals surface area contributed by atoms with Crippen molar-refractivity contribution in [3.05, 3.63) is 51.6 Å². The highest BCUT2D eigenvalue weighted by molar-refractivity contribution is 7.99. The number of thioether (sulfide) groups is 1. The average molecular weight is 347 g/mol. The van der Waals surface area contributed by atoms with Gasteiger partial charge in [-0.3, -0.25) is 9.59 Å². The van der Waals surface area contributed by atoms with Gasteiger partial charge in [0.15, 0.2) is 5.16 Å². The molecular weight excluding hydrogens is 329 g/mol. The van der Waals surface area contributed by atoms with Crippen molar-refractivity contribution in [2.45, 2.75) is 30.8 Å².